The highest BCUT2D eigenvalue weighted by Crippen LogP contribution is 2.42. The van der Waals surface area contributed by atoms with Crippen LogP contribution in [0.3, 0.4) is 0 Å². The maximum absolute atomic E-state index is 12.6. The first-order chi connectivity index (χ1) is 15.1. The fraction of sp³-hybridized carbons (Fsp3) is 0.476. The Morgan fingerprint density at radius 1 is 1.31 bits per heavy atom. The summed E-state index contributed by atoms with van der Waals surface area (Å²) in [4.78, 5) is 27.8. The summed E-state index contributed by atoms with van der Waals surface area (Å²) in [5.74, 6) is -2.12. The third-order valence-electron chi connectivity index (χ3n) is 5.37. The average Bonchev–Trinajstić information content (AvgIpc) is 3.43. The van der Waals surface area contributed by atoms with Crippen LogP contribution in [0.1, 0.15) is 21.9 Å². The lowest BCUT2D eigenvalue weighted by Gasteiger charge is -2.26. The van der Waals surface area contributed by atoms with Crippen molar-refractivity contribution in [2.24, 2.45) is 11.3 Å². The van der Waals surface area contributed by atoms with Gasteiger partial charge in [-0.15, -0.1) is 0 Å². The van der Waals surface area contributed by atoms with E-state index in [0.29, 0.717) is 51.2 Å². The van der Waals surface area contributed by atoms with Gasteiger partial charge in [0, 0.05) is 30.1 Å². The second kappa shape index (κ2) is 9.70. The Labute approximate surface area is 181 Å². The summed E-state index contributed by atoms with van der Waals surface area (Å²) in [6.07, 6.45) is -3.55. The smallest absolute Gasteiger partial charge is 0.475 e. The van der Waals surface area contributed by atoms with Gasteiger partial charge >= 0.3 is 12.1 Å². The number of carboxylic acid groups (broad SMARTS) is 1. The maximum atomic E-state index is 12.6. The first kappa shape index (κ1) is 23.7. The van der Waals surface area contributed by atoms with Gasteiger partial charge in [-0.2, -0.15) is 13.2 Å². The van der Waals surface area contributed by atoms with E-state index in [-0.39, 0.29) is 11.3 Å². The monoisotopic (exact) mass is 456 g/mol. The molecule has 2 aliphatic heterocycles. The quantitative estimate of drug-likeness (QED) is 0.738. The van der Waals surface area contributed by atoms with Crippen molar-refractivity contribution in [2.75, 3.05) is 32.9 Å². The summed E-state index contributed by atoms with van der Waals surface area (Å²) in [5.41, 5.74) is 1.78. The number of aryl methyl sites for hydroxylation is 1. The fourth-order valence-electron chi connectivity index (χ4n) is 3.79. The van der Waals surface area contributed by atoms with Crippen molar-refractivity contribution in [3.05, 3.63) is 53.7 Å². The summed E-state index contributed by atoms with van der Waals surface area (Å²) in [7, 11) is 0. The molecular formula is C21H23F3N2O6. The van der Waals surface area contributed by atoms with Gasteiger partial charge < -0.3 is 23.9 Å². The Hall–Kier alpha value is -2.92. The molecule has 32 heavy (non-hydrogen) atoms. The van der Waals surface area contributed by atoms with Crippen molar-refractivity contribution >= 4 is 11.9 Å². The molecule has 8 nitrogen and oxygen atoms in total. The summed E-state index contributed by atoms with van der Waals surface area (Å²) in [6.45, 7) is 5.63. The first-order valence-electron chi connectivity index (χ1n) is 9.82. The van der Waals surface area contributed by atoms with Gasteiger partial charge in [0.25, 0.3) is 5.91 Å². The molecule has 0 spiro atoms. The largest absolute Gasteiger partial charge is 0.490 e. The standard InChI is InChI=1S/C19H22N2O4.C2HF3O2/c1-14-4-2-5-16(20-14)10-24-13-19-11-21(8-15(19)9-23-12-19)18(22)17-6-3-7-25-17;3-2(4,5)1(6)7/h2-7,15H,8-13H2,1H3;(H,6,7)/t15-,19+;/m1./s1. The van der Waals surface area contributed by atoms with Crippen LogP contribution < -0.4 is 0 Å². The molecule has 2 fully saturated rings. The maximum Gasteiger partial charge on any atom is 0.490 e. The molecule has 4 heterocycles. The summed E-state index contributed by atoms with van der Waals surface area (Å²) >= 11 is 0. The number of pyridine rings is 1. The van der Waals surface area contributed by atoms with Gasteiger partial charge in [0.1, 0.15) is 0 Å². The second-order valence-electron chi connectivity index (χ2n) is 7.80. The van der Waals surface area contributed by atoms with Crippen molar-refractivity contribution in [3.8, 4) is 0 Å². The minimum absolute atomic E-state index is 0.0564. The van der Waals surface area contributed by atoms with Crippen molar-refractivity contribution in [1.82, 2.24) is 9.88 Å². The highest BCUT2D eigenvalue weighted by atomic mass is 19.4. The van der Waals surface area contributed by atoms with E-state index in [1.165, 1.54) is 6.26 Å². The molecule has 0 bridgehead atoms. The Morgan fingerprint density at radius 2 is 2.06 bits per heavy atom. The van der Waals surface area contributed by atoms with Crippen LogP contribution in [-0.4, -0.2) is 66.0 Å². The number of carbonyl (C=O) groups excluding carboxylic acids is 1. The molecule has 2 aromatic rings. The Bertz CT molecular complexity index is 934. The van der Waals surface area contributed by atoms with Crippen LogP contribution in [0, 0.1) is 18.3 Å². The van der Waals surface area contributed by atoms with Crippen molar-refractivity contribution in [2.45, 2.75) is 19.7 Å². The van der Waals surface area contributed by atoms with Crippen molar-refractivity contribution < 1.29 is 41.8 Å². The molecule has 4 rings (SSSR count). The highest BCUT2D eigenvalue weighted by Gasteiger charge is 2.52. The topological polar surface area (TPSA) is 102 Å². The van der Waals surface area contributed by atoms with E-state index in [9.17, 15) is 18.0 Å². The van der Waals surface area contributed by atoms with Crippen LogP contribution in [-0.2, 0) is 20.9 Å². The van der Waals surface area contributed by atoms with Gasteiger partial charge in [-0.05, 0) is 31.2 Å². The number of furan rings is 1. The lowest BCUT2D eigenvalue weighted by molar-refractivity contribution is -0.192. The zero-order valence-electron chi connectivity index (χ0n) is 17.3. The van der Waals surface area contributed by atoms with Crippen LogP contribution in [0.15, 0.2) is 41.0 Å². The number of halogens is 3. The number of alkyl halides is 3. The molecule has 0 aromatic carbocycles. The molecule has 11 heteroatoms. The molecule has 2 saturated heterocycles. The number of amides is 1. The Kier molecular flexibility index (Phi) is 7.19. The SMILES string of the molecule is Cc1cccc(COC[C@]23COC[C@H]2CN(C(=O)c2ccco2)C3)n1.O=C(O)C(F)(F)F. The molecule has 1 amide bonds. The predicted octanol–water partition coefficient (Wildman–Crippen LogP) is 2.92. The van der Waals surface area contributed by atoms with Gasteiger partial charge in [0.2, 0.25) is 0 Å². The van der Waals surface area contributed by atoms with Gasteiger partial charge in [-0.1, -0.05) is 6.07 Å². The number of aliphatic carboxylic acids is 1. The van der Waals surface area contributed by atoms with Crippen molar-refractivity contribution in [1.29, 1.82) is 0 Å². The van der Waals surface area contributed by atoms with Gasteiger partial charge in [0.15, 0.2) is 5.76 Å². The van der Waals surface area contributed by atoms with Gasteiger partial charge in [-0.25, -0.2) is 4.79 Å². The zero-order valence-corrected chi connectivity index (χ0v) is 17.3. The first-order valence-corrected chi connectivity index (χ1v) is 9.82. The predicted molar refractivity (Wildman–Crippen MR) is 104 cm³/mol. The number of rotatable bonds is 5. The van der Waals surface area contributed by atoms with E-state index in [1.807, 2.05) is 30.0 Å². The highest BCUT2D eigenvalue weighted by molar-refractivity contribution is 5.91. The second-order valence-corrected chi connectivity index (χ2v) is 7.80. The minimum atomic E-state index is -5.08. The molecule has 2 aromatic heterocycles. The Balaban J connectivity index is 0.000000360. The lowest BCUT2D eigenvalue weighted by atomic mass is 9.82. The molecule has 0 aliphatic carbocycles. The number of carbonyl (C=O) groups is 2. The average molecular weight is 456 g/mol. The summed E-state index contributed by atoms with van der Waals surface area (Å²) in [6, 6.07) is 9.37. The number of fused-ring (bicyclic) bond motifs is 1. The van der Waals surface area contributed by atoms with Crippen LogP contribution in [0.25, 0.3) is 0 Å². The van der Waals surface area contributed by atoms with E-state index >= 15 is 0 Å². The molecule has 0 unspecified atom stereocenters. The van der Waals surface area contributed by atoms with Gasteiger partial charge in [-0.3, -0.25) is 9.78 Å². The number of carboxylic acids is 1. The lowest BCUT2D eigenvalue weighted by Crippen LogP contribution is -2.37. The fourth-order valence-corrected chi connectivity index (χ4v) is 3.79. The number of hydrogen-bond donors (Lipinski definition) is 1. The summed E-state index contributed by atoms with van der Waals surface area (Å²) < 4.78 is 48.7. The number of hydrogen-bond acceptors (Lipinski definition) is 6. The van der Waals surface area contributed by atoms with E-state index in [4.69, 9.17) is 23.8 Å². The molecule has 1 N–H and O–H groups in total. The molecule has 2 atom stereocenters. The number of ether oxygens (including phenoxy) is 2. The minimum Gasteiger partial charge on any atom is -0.475 e. The molecular weight excluding hydrogens is 433 g/mol. The molecule has 174 valence electrons. The van der Waals surface area contributed by atoms with E-state index in [2.05, 4.69) is 4.98 Å². The summed E-state index contributed by atoms with van der Waals surface area (Å²) in [5, 5.41) is 7.12. The number of nitrogens with zero attached hydrogens (tertiary/aromatic N) is 2. The Morgan fingerprint density at radius 3 is 2.69 bits per heavy atom. The van der Waals surface area contributed by atoms with Crippen LogP contribution in [0.2, 0.25) is 0 Å². The third-order valence-corrected chi connectivity index (χ3v) is 5.37. The molecule has 0 radical (unpaired) electrons. The molecule has 2 aliphatic rings. The third kappa shape index (κ3) is 5.65. The van der Waals surface area contributed by atoms with Crippen LogP contribution >= 0.6 is 0 Å². The van der Waals surface area contributed by atoms with E-state index < -0.39 is 12.1 Å². The van der Waals surface area contributed by atoms with E-state index in [1.54, 1.807) is 12.1 Å². The zero-order chi connectivity index (χ0) is 23.4. The van der Waals surface area contributed by atoms with E-state index in [0.717, 1.165) is 11.4 Å². The molecule has 0 saturated carbocycles. The number of likely N-dealkylation sites (tertiary alicyclic amines) is 1. The van der Waals surface area contributed by atoms with Gasteiger partial charge in [0.05, 0.1) is 38.4 Å². The van der Waals surface area contributed by atoms with Crippen LogP contribution in [0.4, 0.5) is 13.2 Å². The van der Waals surface area contributed by atoms with Crippen LogP contribution in [0.5, 0.6) is 0 Å². The number of aromatic nitrogens is 1. The van der Waals surface area contributed by atoms with Crippen molar-refractivity contribution in [3.63, 3.8) is 0 Å². The normalized spacial score (nSPS) is 22.2.